The molecule has 0 heterocycles. The number of phenols is 2. The van der Waals surface area contributed by atoms with Gasteiger partial charge < -0.3 is 14.9 Å². The van der Waals surface area contributed by atoms with Crippen molar-refractivity contribution in [3.63, 3.8) is 0 Å². The Hall–Kier alpha value is -1.71. The van der Waals surface area contributed by atoms with E-state index in [2.05, 4.69) is 20.8 Å². The van der Waals surface area contributed by atoms with Gasteiger partial charge in [-0.2, -0.15) is 0 Å². The molecule has 1 aromatic rings. The summed E-state index contributed by atoms with van der Waals surface area (Å²) < 4.78 is 5.05. The Morgan fingerprint density at radius 3 is 1.75 bits per heavy atom. The SMILES string of the molecule is CC(C)(C)CCCCCCc1cc(O)c(CCCCC(C)(C)OC=O)cc1O. The summed E-state index contributed by atoms with van der Waals surface area (Å²) in [6, 6.07) is 3.43. The zero-order valence-corrected chi connectivity index (χ0v) is 18.5. The number of phenolic OH excluding ortho intramolecular Hbond substituents is 2. The van der Waals surface area contributed by atoms with Crippen molar-refractivity contribution in [3.8, 4) is 11.5 Å². The summed E-state index contributed by atoms with van der Waals surface area (Å²) in [7, 11) is 0. The second-order valence-corrected chi connectivity index (χ2v) is 9.77. The standard InChI is InChI=1S/C24H40O4/c1-23(2,3)14-10-7-6-8-12-19-16-22(27)20(17-21(19)26)13-9-11-15-24(4,5)28-18-25/h16-18,26-27H,6-15H2,1-5H3. The van der Waals surface area contributed by atoms with Crippen LogP contribution in [0.5, 0.6) is 11.5 Å². The summed E-state index contributed by atoms with van der Waals surface area (Å²) in [6.07, 6.45) is 9.90. The Labute approximate surface area is 171 Å². The molecular formula is C24H40O4. The quantitative estimate of drug-likeness (QED) is 0.235. The highest BCUT2D eigenvalue weighted by Crippen LogP contribution is 2.30. The third kappa shape index (κ3) is 10.0. The number of ether oxygens (including phenoxy) is 1. The van der Waals surface area contributed by atoms with Crippen LogP contribution in [0, 0.1) is 5.41 Å². The van der Waals surface area contributed by atoms with Crippen molar-refractivity contribution in [3.05, 3.63) is 23.3 Å². The van der Waals surface area contributed by atoms with Gasteiger partial charge in [0, 0.05) is 0 Å². The Bertz CT molecular complexity index is 599. The van der Waals surface area contributed by atoms with Gasteiger partial charge in [-0.25, -0.2) is 0 Å². The van der Waals surface area contributed by atoms with E-state index in [0.717, 1.165) is 49.7 Å². The maximum absolute atomic E-state index is 10.5. The smallest absolute Gasteiger partial charge is 0.293 e. The number of unbranched alkanes of at least 4 members (excludes halogenated alkanes) is 4. The second-order valence-electron chi connectivity index (χ2n) is 9.77. The number of rotatable bonds is 13. The Morgan fingerprint density at radius 2 is 1.25 bits per heavy atom. The summed E-state index contributed by atoms with van der Waals surface area (Å²) >= 11 is 0. The molecule has 160 valence electrons. The molecule has 0 unspecified atom stereocenters. The Kier molecular flexibility index (Phi) is 9.84. The maximum Gasteiger partial charge on any atom is 0.293 e. The van der Waals surface area contributed by atoms with Crippen molar-refractivity contribution in [1.82, 2.24) is 0 Å². The molecule has 4 nitrogen and oxygen atoms in total. The fourth-order valence-corrected chi connectivity index (χ4v) is 3.44. The molecule has 0 aliphatic heterocycles. The minimum absolute atomic E-state index is 0.268. The van der Waals surface area contributed by atoms with Gasteiger partial charge in [0.05, 0.1) is 0 Å². The van der Waals surface area contributed by atoms with Crippen LogP contribution in [-0.4, -0.2) is 22.3 Å². The van der Waals surface area contributed by atoms with Crippen LogP contribution >= 0.6 is 0 Å². The fraction of sp³-hybridized carbons (Fsp3) is 0.708. The summed E-state index contributed by atoms with van der Waals surface area (Å²) in [6.45, 7) is 11.1. The molecule has 2 N–H and O–H groups in total. The Morgan fingerprint density at radius 1 is 0.786 bits per heavy atom. The number of carbonyl (C=O) groups is 1. The molecule has 0 aliphatic rings. The lowest BCUT2D eigenvalue weighted by Crippen LogP contribution is -2.23. The highest BCUT2D eigenvalue weighted by molar-refractivity contribution is 5.45. The van der Waals surface area contributed by atoms with Gasteiger partial charge in [-0.15, -0.1) is 0 Å². The van der Waals surface area contributed by atoms with Crippen molar-refractivity contribution in [2.45, 2.75) is 104 Å². The monoisotopic (exact) mass is 392 g/mol. The van der Waals surface area contributed by atoms with E-state index in [1.165, 1.54) is 19.3 Å². The van der Waals surface area contributed by atoms with Crippen LogP contribution in [0.4, 0.5) is 0 Å². The lowest BCUT2D eigenvalue weighted by molar-refractivity contribution is -0.140. The molecule has 0 amide bonds. The molecule has 0 atom stereocenters. The first-order chi connectivity index (χ1) is 13.0. The van der Waals surface area contributed by atoms with E-state index in [1.807, 2.05) is 13.8 Å². The van der Waals surface area contributed by atoms with Crippen LogP contribution in [0.15, 0.2) is 12.1 Å². The number of aromatic hydroxyl groups is 2. The third-order valence-electron chi connectivity index (χ3n) is 5.24. The highest BCUT2D eigenvalue weighted by atomic mass is 16.5. The number of aryl methyl sites for hydroxylation is 2. The lowest BCUT2D eigenvalue weighted by atomic mass is 9.89. The van der Waals surface area contributed by atoms with E-state index in [4.69, 9.17) is 4.74 Å². The van der Waals surface area contributed by atoms with Crippen molar-refractivity contribution in [2.75, 3.05) is 0 Å². The number of hydrogen-bond acceptors (Lipinski definition) is 4. The zero-order chi connectivity index (χ0) is 21.2. The van der Waals surface area contributed by atoms with Crippen LogP contribution in [0.25, 0.3) is 0 Å². The first kappa shape index (κ1) is 24.3. The van der Waals surface area contributed by atoms with Crippen LogP contribution in [0.1, 0.15) is 97.1 Å². The van der Waals surface area contributed by atoms with Gasteiger partial charge >= 0.3 is 0 Å². The average Bonchev–Trinajstić information content (AvgIpc) is 2.57. The number of hydrogen-bond donors (Lipinski definition) is 2. The minimum atomic E-state index is -0.456. The van der Waals surface area contributed by atoms with Crippen molar-refractivity contribution in [2.24, 2.45) is 5.41 Å². The second kappa shape index (κ2) is 11.3. The zero-order valence-electron chi connectivity index (χ0n) is 18.5. The summed E-state index contributed by atoms with van der Waals surface area (Å²) in [5.74, 6) is 0.552. The van der Waals surface area contributed by atoms with Gasteiger partial charge in [0.1, 0.15) is 17.1 Å². The molecule has 28 heavy (non-hydrogen) atoms. The van der Waals surface area contributed by atoms with Gasteiger partial charge in [0.2, 0.25) is 0 Å². The predicted octanol–water partition coefficient (Wildman–Crippen LogP) is 6.30. The topological polar surface area (TPSA) is 66.8 Å². The van der Waals surface area contributed by atoms with E-state index in [9.17, 15) is 15.0 Å². The summed E-state index contributed by atoms with van der Waals surface area (Å²) in [5.41, 5.74) is 1.55. The van der Waals surface area contributed by atoms with Crippen molar-refractivity contribution >= 4 is 6.47 Å². The molecule has 0 saturated carbocycles. The largest absolute Gasteiger partial charge is 0.508 e. The molecule has 0 saturated heterocycles. The average molecular weight is 393 g/mol. The number of carbonyl (C=O) groups excluding carboxylic acids is 1. The van der Waals surface area contributed by atoms with E-state index < -0.39 is 5.60 Å². The third-order valence-corrected chi connectivity index (χ3v) is 5.24. The molecule has 0 spiro atoms. The van der Waals surface area contributed by atoms with Crippen LogP contribution in [0.2, 0.25) is 0 Å². The first-order valence-electron chi connectivity index (χ1n) is 10.7. The molecule has 4 heteroatoms. The van der Waals surface area contributed by atoms with Crippen LogP contribution < -0.4 is 0 Å². The summed E-state index contributed by atoms with van der Waals surface area (Å²) in [5, 5.41) is 20.6. The minimum Gasteiger partial charge on any atom is -0.508 e. The Balaban J connectivity index is 2.40. The van der Waals surface area contributed by atoms with Gasteiger partial charge in [-0.1, -0.05) is 40.0 Å². The molecule has 0 fully saturated rings. The highest BCUT2D eigenvalue weighted by Gasteiger charge is 2.18. The molecule has 0 bridgehead atoms. The normalized spacial score (nSPS) is 12.2. The van der Waals surface area contributed by atoms with E-state index >= 15 is 0 Å². The first-order valence-corrected chi connectivity index (χ1v) is 10.7. The molecule has 0 radical (unpaired) electrons. The predicted molar refractivity (Wildman–Crippen MR) is 115 cm³/mol. The molecule has 1 rings (SSSR count). The van der Waals surface area contributed by atoms with E-state index in [1.54, 1.807) is 12.1 Å². The summed E-state index contributed by atoms with van der Waals surface area (Å²) in [4.78, 5) is 10.5. The number of benzene rings is 1. The fourth-order valence-electron chi connectivity index (χ4n) is 3.44. The van der Waals surface area contributed by atoms with E-state index in [-0.39, 0.29) is 11.5 Å². The molecule has 0 aliphatic carbocycles. The lowest BCUT2D eigenvalue weighted by Gasteiger charge is -2.22. The maximum atomic E-state index is 10.5. The van der Waals surface area contributed by atoms with Crippen molar-refractivity contribution < 1.29 is 19.7 Å². The van der Waals surface area contributed by atoms with Gasteiger partial charge in [0.15, 0.2) is 0 Å². The van der Waals surface area contributed by atoms with Crippen LogP contribution in [-0.2, 0) is 22.4 Å². The molecule has 1 aromatic carbocycles. The van der Waals surface area contributed by atoms with E-state index in [0.29, 0.717) is 18.3 Å². The van der Waals surface area contributed by atoms with Gasteiger partial charge in [-0.05, 0) is 87.5 Å². The van der Waals surface area contributed by atoms with Gasteiger partial charge in [-0.3, -0.25) is 4.79 Å². The van der Waals surface area contributed by atoms with Gasteiger partial charge in [0.25, 0.3) is 6.47 Å². The molecule has 0 aromatic heterocycles. The molecular weight excluding hydrogens is 352 g/mol. The van der Waals surface area contributed by atoms with Crippen molar-refractivity contribution in [1.29, 1.82) is 0 Å². The van der Waals surface area contributed by atoms with Crippen LogP contribution in [0.3, 0.4) is 0 Å².